The molecule has 2 aromatic rings. The van der Waals surface area contributed by atoms with Gasteiger partial charge in [0, 0.05) is 26.2 Å². The van der Waals surface area contributed by atoms with Crippen molar-refractivity contribution in [1.29, 1.82) is 5.26 Å². The first-order valence-electron chi connectivity index (χ1n) is 7.56. The second kappa shape index (κ2) is 8.06. The van der Waals surface area contributed by atoms with E-state index in [-0.39, 0.29) is 6.54 Å². The van der Waals surface area contributed by atoms with Crippen molar-refractivity contribution in [2.45, 2.75) is 20.0 Å². The Kier molecular flexibility index (Phi) is 5.84. The van der Waals surface area contributed by atoms with Crippen molar-refractivity contribution in [2.75, 3.05) is 13.6 Å². The maximum absolute atomic E-state index is 14.0. The zero-order valence-corrected chi connectivity index (χ0v) is 14.0. The molecular formula is C16H20FN7. The van der Waals surface area contributed by atoms with Crippen molar-refractivity contribution in [1.82, 2.24) is 25.0 Å². The summed E-state index contributed by atoms with van der Waals surface area (Å²) in [6.45, 7) is 3.37. The van der Waals surface area contributed by atoms with Crippen LogP contribution in [0.25, 0.3) is 0 Å². The molecule has 0 unspecified atom stereocenters. The van der Waals surface area contributed by atoms with Crippen LogP contribution < -0.4 is 5.32 Å². The zero-order chi connectivity index (χ0) is 17.5. The fraction of sp³-hybridized carbons (Fsp3) is 0.375. The second-order valence-corrected chi connectivity index (χ2v) is 5.24. The molecule has 0 saturated heterocycles. The average molecular weight is 329 g/mol. The smallest absolute Gasteiger partial charge is 0.194 e. The first kappa shape index (κ1) is 17.4. The molecule has 0 aliphatic heterocycles. The minimum Gasteiger partial charge on any atom is -0.357 e. The van der Waals surface area contributed by atoms with E-state index in [2.05, 4.69) is 20.4 Å². The van der Waals surface area contributed by atoms with Gasteiger partial charge in [-0.3, -0.25) is 4.68 Å². The van der Waals surface area contributed by atoms with Crippen LogP contribution >= 0.6 is 0 Å². The quantitative estimate of drug-likeness (QED) is 0.663. The minimum absolute atomic E-state index is 0.184. The third-order valence-electron chi connectivity index (χ3n) is 3.46. The number of guanidine groups is 1. The molecule has 8 heteroatoms. The highest BCUT2D eigenvalue weighted by molar-refractivity contribution is 5.79. The topological polar surface area (TPSA) is 82.1 Å². The number of hydrogen-bond acceptors (Lipinski definition) is 4. The molecule has 0 bridgehead atoms. The number of aromatic nitrogens is 3. The lowest BCUT2D eigenvalue weighted by atomic mass is 10.1. The molecule has 0 atom stereocenters. The SMILES string of the molecule is CCNC(=NCc1ccc(C#N)cc1F)N(C)Cc1ncnn1C. The monoisotopic (exact) mass is 329 g/mol. The van der Waals surface area contributed by atoms with Crippen LogP contribution in [-0.4, -0.2) is 39.2 Å². The number of halogens is 1. The van der Waals surface area contributed by atoms with E-state index >= 15 is 0 Å². The molecule has 0 saturated carbocycles. The van der Waals surface area contributed by atoms with E-state index in [1.54, 1.807) is 16.8 Å². The van der Waals surface area contributed by atoms with Gasteiger partial charge < -0.3 is 10.2 Å². The van der Waals surface area contributed by atoms with Crippen molar-refractivity contribution in [3.8, 4) is 6.07 Å². The number of rotatable bonds is 5. The van der Waals surface area contributed by atoms with Crippen molar-refractivity contribution in [2.24, 2.45) is 12.0 Å². The van der Waals surface area contributed by atoms with Gasteiger partial charge in [-0.2, -0.15) is 10.4 Å². The Balaban J connectivity index is 2.13. The Morgan fingerprint density at radius 2 is 2.29 bits per heavy atom. The molecule has 1 aromatic carbocycles. The van der Waals surface area contributed by atoms with Gasteiger partial charge in [-0.1, -0.05) is 6.07 Å². The van der Waals surface area contributed by atoms with Gasteiger partial charge in [0.05, 0.1) is 24.7 Å². The molecule has 1 aromatic heterocycles. The molecule has 1 N–H and O–H groups in total. The molecule has 0 aliphatic carbocycles. The van der Waals surface area contributed by atoms with Gasteiger partial charge in [0.25, 0.3) is 0 Å². The fourth-order valence-corrected chi connectivity index (χ4v) is 2.13. The normalized spacial score (nSPS) is 11.2. The summed E-state index contributed by atoms with van der Waals surface area (Å²) in [5.41, 5.74) is 0.739. The van der Waals surface area contributed by atoms with Crippen LogP contribution in [0.3, 0.4) is 0 Å². The molecule has 0 radical (unpaired) electrons. The third kappa shape index (κ3) is 4.29. The van der Waals surface area contributed by atoms with E-state index in [9.17, 15) is 4.39 Å². The highest BCUT2D eigenvalue weighted by atomic mass is 19.1. The first-order chi connectivity index (χ1) is 11.5. The Bertz CT molecular complexity index is 760. The van der Waals surface area contributed by atoms with E-state index in [4.69, 9.17) is 5.26 Å². The highest BCUT2D eigenvalue weighted by Gasteiger charge is 2.10. The average Bonchev–Trinajstić information content (AvgIpc) is 2.97. The molecule has 0 fully saturated rings. The Morgan fingerprint density at radius 3 is 2.88 bits per heavy atom. The number of nitrogens with zero attached hydrogens (tertiary/aromatic N) is 6. The molecule has 0 amide bonds. The van der Waals surface area contributed by atoms with Crippen LogP contribution in [0.15, 0.2) is 29.5 Å². The van der Waals surface area contributed by atoms with Crippen LogP contribution in [0.1, 0.15) is 23.9 Å². The summed E-state index contributed by atoms with van der Waals surface area (Å²) in [6.07, 6.45) is 1.50. The van der Waals surface area contributed by atoms with Crippen LogP contribution in [-0.2, 0) is 20.1 Å². The largest absolute Gasteiger partial charge is 0.357 e. The summed E-state index contributed by atoms with van der Waals surface area (Å²) in [7, 11) is 3.71. The highest BCUT2D eigenvalue weighted by Crippen LogP contribution is 2.11. The van der Waals surface area contributed by atoms with Crippen LogP contribution in [0.2, 0.25) is 0 Å². The number of aliphatic imine (C=N–C) groups is 1. The van der Waals surface area contributed by atoms with Gasteiger partial charge in [-0.15, -0.1) is 0 Å². The standard InChI is InChI=1S/C16H20FN7/c1-4-19-16(23(2)10-15-21-11-22-24(15)3)20-9-13-6-5-12(8-18)7-14(13)17/h5-7,11H,4,9-10H2,1-3H3,(H,19,20). The summed E-state index contributed by atoms with van der Waals surface area (Å²) in [5, 5.41) is 16.0. The Labute approximate surface area is 140 Å². The molecule has 126 valence electrons. The summed E-state index contributed by atoms with van der Waals surface area (Å²) in [4.78, 5) is 10.5. The zero-order valence-electron chi connectivity index (χ0n) is 14.0. The van der Waals surface area contributed by atoms with Gasteiger partial charge in [-0.05, 0) is 19.1 Å². The van der Waals surface area contributed by atoms with Crippen molar-refractivity contribution in [3.05, 3.63) is 47.3 Å². The van der Waals surface area contributed by atoms with Crippen molar-refractivity contribution in [3.63, 3.8) is 0 Å². The fourth-order valence-electron chi connectivity index (χ4n) is 2.13. The van der Waals surface area contributed by atoms with E-state index in [0.717, 1.165) is 5.82 Å². The van der Waals surface area contributed by atoms with Gasteiger partial charge in [0.2, 0.25) is 0 Å². The number of benzene rings is 1. The van der Waals surface area contributed by atoms with Gasteiger partial charge in [0.1, 0.15) is 18.0 Å². The van der Waals surface area contributed by atoms with Crippen molar-refractivity contribution >= 4 is 5.96 Å². The molecular weight excluding hydrogens is 309 g/mol. The molecule has 0 spiro atoms. The Hall–Kier alpha value is -2.95. The van der Waals surface area contributed by atoms with E-state index < -0.39 is 5.82 Å². The number of aryl methyl sites for hydroxylation is 1. The van der Waals surface area contributed by atoms with Crippen LogP contribution in [0.4, 0.5) is 4.39 Å². The Morgan fingerprint density at radius 1 is 1.50 bits per heavy atom. The summed E-state index contributed by atoms with van der Waals surface area (Å²) < 4.78 is 15.7. The number of hydrogen-bond donors (Lipinski definition) is 1. The molecule has 24 heavy (non-hydrogen) atoms. The number of nitrogens with one attached hydrogen (secondary N) is 1. The molecule has 0 aliphatic rings. The number of nitriles is 1. The van der Waals surface area contributed by atoms with Crippen LogP contribution in [0, 0.1) is 17.1 Å². The van der Waals surface area contributed by atoms with Gasteiger partial charge in [-0.25, -0.2) is 14.4 Å². The first-order valence-corrected chi connectivity index (χ1v) is 7.56. The third-order valence-corrected chi connectivity index (χ3v) is 3.46. The predicted molar refractivity (Wildman–Crippen MR) is 88.4 cm³/mol. The lowest BCUT2D eigenvalue weighted by molar-refractivity contribution is 0.448. The second-order valence-electron chi connectivity index (χ2n) is 5.24. The summed E-state index contributed by atoms with van der Waals surface area (Å²) >= 11 is 0. The predicted octanol–water partition coefficient (Wildman–Crippen LogP) is 1.42. The molecule has 1 heterocycles. The summed E-state index contributed by atoms with van der Waals surface area (Å²) in [6, 6.07) is 6.31. The van der Waals surface area contributed by atoms with Crippen molar-refractivity contribution < 1.29 is 4.39 Å². The molecule has 7 nitrogen and oxygen atoms in total. The maximum atomic E-state index is 14.0. The van der Waals surface area contributed by atoms with Gasteiger partial charge >= 0.3 is 0 Å². The lowest BCUT2D eigenvalue weighted by Crippen LogP contribution is -2.39. The molecule has 2 rings (SSSR count). The lowest BCUT2D eigenvalue weighted by Gasteiger charge is -2.21. The maximum Gasteiger partial charge on any atom is 0.194 e. The summed E-state index contributed by atoms with van der Waals surface area (Å²) in [5.74, 6) is 1.02. The van der Waals surface area contributed by atoms with E-state index in [1.165, 1.54) is 12.4 Å². The van der Waals surface area contributed by atoms with E-state index in [1.807, 2.05) is 32.0 Å². The van der Waals surface area contributed by atoms with Crippen LogP contribution in [0.5, 0.6) is 0 Å². The minimum atomic E-state index is -0.426. The van der Waals surface area contributed by atoms with E-state index in [0.29, 0.717) is 30.2 Å². The van der Waals surface area contributed by atoms with Gasteiger partial charge in [0.15, 0.2) is 5.96 Å².